The SMILES string of the molecule is c1nc(C2CCC2)cc(N2CC3CN(c4cnsn4)CC3C2)n1. The molecular weight excluding hydrogens is 308 g/mol. The van der Waals surface area contributed by atoms with E-state index in [1.165, 1.54) is 36.7 Å². The summed E-state index contributed by atoms with van der Waals surface area (Å²) in [6.45, 7) is 4.37. The Morgan fingerprint density at radius 1 is 0.957 bits per heavy atom. The minimum Gasteiger partial charge on any atom is -0.356 e. The van der Waals surface area contributed by atoms with Crippen LogP contribution < -0.4 is 9.80 Å². The molecule has 120 valence electrons. The molecule has 1 aliphatic carbocycles. The normalized spacial score (nSPS) is 27.3. The highest BCUT2D eigenvalue weighted by Gasteiger charge is 2.41. The molecule has 2 aliphatic heterocycles. The number of anilines is 2. The maximum Gasteiger partial charge on any atom is 0.162 e. The van der Waals surface area contributed by atoms with Crippen LogP contribution in [0.5, 0.6) is 0 Å². The molecule has 1 saturated carbocycles. The number of aromatic nitrogens is 4. The van der Waals surface area contributed by atoms with Gasteiger partial charge < -0.3 is 9.80 Å². The van der Waals surface area contributed by atoms with Crippen molar-refractivity contribution in [3.05, 3.63) is 24.3 Å². The van der Waals surface area contributed by atoms with E-state index in [1.807, 2.05) is 6.20 Å². The van der Waals surface area contributed by atoms with Crippen LogP contribution in [-0.4, -0.2) is 44.9 Å². The van der Waals surface area contributed by atoms with Gasteiger partial charge in [0, 0.05) is 55.7 Å². The molecule has 2 unspecified atom stereocenters. The van der Waals surface area contributed by atoms with Crippen LogP contribution in [0.1, 0.15) is 30.9 Å². The summed E-state index contributed by atoms with van der Waals surface area (Å²) in [4.78, 5) is 13.9. The van der Waals surface area contributed by atoms with Crippen LogP contribution in [0, 0.1) is 11.8 Å². The summed E-state index contributed by atoms with van der Waals surface area (Å²) in [5.41, 5.74) is 1.24. The summed E-state index contributed by atoms with van der Waals surface area (Å²) in [5, 5.41) is 0. The Bertz CT molecular complexity index is 672. The molecule has 3 aliphatic rings. The van der Waals surface area contributed by atoms with Gasteiger partial charge in [0.05, 0.1) is 17.9 Å². The predicted molar refractivity (Wildman–Crippen MR) is 89.9 cm³/mol. The Morgan fingerprint density at radius 2 is 1.70 bits per heavy atom. The summed E-state index contributed by atoms with van der Waals surface area (Å²) in [6, 6.07) is 2.23. The highest BCUT2D eigenvalue weighted by atomic mass is 32.1. The van der Waals surface area contributed by atoms with Crippen molar-refractivity contribution in [2.45, 2.75) is 25.2 Å². The van der Waals surface area contributed by atoms with Crippen LogP contribution in [-0.2, 0) is 0 Å². The quantitative estimate of drug-likeness (QED) is 0.861. The van der Waals surface area contributed by atoms with Crippen LogP contribution in [0.4, 0.5) is 11.6 Å². The van der Waals surface area contributed by atoms with Crippen molar-refractivity contribution >= 4 is 23.4 Å². The monoisotopic (exact) mass is 328 g/mol. The first-order valence-electron chi connectivity index (χ1n) is 8.46. The van der Waals surface area contributed by atoms with Gasteiger partial charge in [0.1, 0.15) is 12.1 Å². The van der Waals surface area contributed by atoms with E-state index in [-0.39, 0.29) is 0 Å². The van der Waals surface area contributed by atoms with E-state index in [1.54, 1.807) is 6.33 Å². The average molecular weight is 328 g/mol. The van der Waals surface area contributed by atoms with E-state index in [2.05, 4.69) is 34.6 Å². The van der Waals surface area contributed by atoms with Crippen LogP contribution in [0.3, 0.4) is 0 Å². The fourth-order valence-electron chi connectivity index (χ4n) is 4.13. The Balaban J connectivity index is 1.29. The topological polar surface area (TPSA) is 58.0 Å². The lowest BCUT2D eigenvalue weighted by Crippen LogP contribution is -2.29. The fraction of sp³-hybridized carbons (Fsp3) is 0.625. The van der Waals surface area contributed by atoms with Crippen molar-refractivity contribution in [2.24, 2.45) is 11.8 Å². The lowest BCUT2D eigenvalue weighted by atomic mass is 9.83. The summed E-state index contributed by atoms with van der Waals surface area (Å²) in [6.07, 6.45) is 7.57. The standard InChI is InChI=1S/C16H20N6S/c1-2-11(3-1)14-4-15(18-10-17-14)21-6-12-8-22(9-13(12)7-21)16-5-19-23-20-16/h4-5,10-13H,1-3,6-9H2. The van der Waals surface area contributed by atoms with Crippen molar-refractivity contribution in [1.82, 2.24) is 18.7 Å². The molecule has 5 rings (SSSR count). The van der Waals surface area contributed by atoms with Gasteiger partial charge >= 0.3 is 0 Å². The maximum absolute atomic E-state index is 4.54. The molecule has 4 heterocycles. The predicted octanol–water partition coefficient (Wildman–Crippen LogP) is 2.17. The highest BCUT2D eigenvalue weighted by molar-refractivity contribution is 6.99. The van der Waals surface area contributed by atoms with Crippen LogP contribution >= 0.6 is 11.7 Å². The molecule has 23 heavy (non-hydrogen) atoms. The van der Waals surface area contributed by atoms with Gasteiger partial charge in [-0.1, -0.05) is 6.42 Å². The summed E-state index contributed by atoms with van der Waals surface area (Å²) < 4.78 is 8.50. The summed E-state index contributed by atoms with van der Waals surface area (Å²) in [7, 11) is 0. The van der Waals surface area contributed by atoms with Gasteiger partial charge in [0.15, 0.2) is 5.82 Å². The van der Waals surface area contributed by atoms with Gasteiger partial charge in [-0.3, -0.25) is 0 Å². The molecule has 3 fully saturated rings. The molecule has 7 heteroatoms. The third kappa shape index (κ3) is 2.38. The molecule has 0 bridgehead atoms. The fourth-order valence-corrected chi connectivity index (χ4v) is 4.56. The van der Waals surface area contributed by atoms with E-state index >= 15 is 0 Å². The largest absolute Gasteiger partial charge is 0.356 e. The lowest BCUT2D eigenvalue weighted by molar-refractivity contribution is 0.410. The second-order valence-corrected chi connectivity index (χ2v) is 7.58. The van der Waals surface area contributed by atoms with Gasteiger partial charge in [0.25, 0.3) is 0 Å². The minimum absolute atomic E-state index is 0.673. The molecule has 0 radical (unpaired) electrons. The zero-order valence-electron chi connectivity index (χ0n) is 13.0. The second-order valence-electron chi connectivity index (χ2n) is 7.02. The molecule has 0 N–H and O–H groups in total. The highest BCUT2D eigenvalue weighted by Crippen LogP contribution is 2.38. The Morgan fingerprint density at radius 3 is 2.30 bits per heavy atom. The van der Waals surface area contributed by atoms with Crippen LogP contribution in [0.2, 0.25) is 0 Å². The second kappa shape index (κ2) is 5.40. The number of rotatable bonds is 3. The minimum atomic E-state index is 0.673. The van der Waals surface area contributed by atoms with E-state index in [0.29, 0.717) is 17.8 Å². The molecule has 2 aromatic rings. The molecule has 2 aromatic heterocycles. The molecule has 2 saturated heterocycles. The van der Waals surface area contributed by atoms with Gasteiger partial charge in [0.2, 0.25) is 0 Å². The molecule has 6 nitrogen and oxygen atoms in total. The van der Waals surface area contributed by atoms with Crippen molar-refractivity contribution in [3.8, 4) is 0 Å². The van der Waals surface area contributed by atoms with Crippen LogP contribution in [0.15, 0.2) is 18.6 Å². The summed E-state index contributed by atoms with van der Waals surface area (Å²) >= 11 is 1.29. The van der Waals surface area contributed by atoms with Crippen molar-refractivity contribution < 1.29 is 0 Å². The van der Waals surface area contributed by atoms with Gasteiger partial charge in [-0.05, 0) is 12.8 Å². The first-order valence-corrected chi connectivity index (χ1v) is 9.19. The van der Waals surface area contributed by atoms with Crippen molar-refractivity contribution in [1.29, 1.82) is 0 Å². The van der Waals surface area contributed by atoms with E-state index < -0.39 is 0 Å². The van der Waals surface area contributed by atoms with E-state index in [9.17, 15) is 0 Å². The number of hydrogen-bond donors (Lipinski definition) is 0. The third-order valence-electron chi connectivity index (χ3n) is 5.68. The third-order valence-corrected chi connectivity index (χ3v) is 6.15. The lowest BCUT2D eigenvalue weighted by Gasteiger charge is -2.26. The Kier molecular flexibility index (Phi) is 3.21. The van der Waals surface area contributed by atoms with Gasteiger partial charge in [-0.2, -0.15) is 8.75 Å². The molecule has 2 atom stereocenters. The first-order chi connectivity index (χ1) is 11.4. The van der Waals surface area contributed by atoms with Gasteiger partial charge in [-0.15, -0.1) is 0 Å². The van der Waals surface area contributed by atoms with E-state index in [0.717, 1.165) is 37.8 Å². The Hall–Kier alpha value is -1.76. The van der Waals surface area contributed by atoms with E-state index in [4.69, 9.17) is 0 Å². The van der Waals surface area contributed by atoms with Crippen LogP contribution in [0.25, 0.3) is 0 Å². The summed E-state index contributed by atoms with van der Waals surface area (Å²) in [5.74, 6) is 4.26. The smallest absolute Gasteiger partial charge is 0.162 e. The Labute approximate surface area is 139 Å². The molecule has 0 amide bonds. The average Bonchev–Trinajstić information content (AvgIpc) is 3.21. The maximum atomic E-state index is 4.54. The van der Waals surface area contributed by atoms with Crippen molar-refractivity contribution in [3.63, 3.8) is 0 Å². The first kappa shape index (κ1) is 13.7. The van der Waals surface area contributed by atoms with Gasteiger partial charge in [-0.25, -0.2) is 9.97 Å². The zero-order valence-corrected chi connectivity index (χ0v) is 13.8. The zero-order chi connectivity index (χ0) is 15.2. The molecule has 0 spiro atoms. The van der Waals surface area contributed by atoms with Crippen molar-refractivity contribution in [2.75, 3.05) is 36.0 Å². The number of nitrogens with zero attached hydrogens (tertiary/aromatic N) is 6. The number of hydrogen-bond acceptors (Lipinski definition) is 7. The molecular formula is C16H20N6S. The number of fused-ring (bicyclic) bond motifs is 1. The molecule has 0 aromatic carbocycles.